The van der Waals surface area contributed by atoms with E-state index in [0.29, 0.717) is 0 Å². The molecule has 1 aliphatic rings. The smallest absolute Gasteiger partial charge is 0.000717 e. The van der Waals surface area contributed by atoms with Gasteiger partial charge in [-0.05, 0) is 24.1 Å². The number of hydrogen-bond acceptors (Lipinski definition) is 1. The highest BCUT2D eigenvalue weighted by Crippen LogP contribution is 2.07. The Balaban J connectivity index is 2.55. The average molecular weight is 135 g/mol. The number of hydrogen-bond donors (Lipinski definition) is 1. The molecule has 10 heavy (non-hydrogen) atoms. The summed E-state index contributed by atoms with van der Waals surface area (Å²) in [6, 6.07) is 0. The average Bonchev–Trinajstić information content (AvgIpc) is 2.17. The summed E-state index contributed by atoms with van der Waals surface area (Å²) >= 11 is 0. The molecule has 0 aromatic heterocycles. The Hall–Kier alpha value is -0.980. The fourth-order valence-corrected chi connectivity index (χ4v) is 0.949. The van der Waals surface area contributed by atoms with Crippen LogP contribution in [0, 0.1) is 0 Å². The van der Waals surface area contributed by atoms with Crippen molar-refractivity contribution in [2.24, 2.45) is 0 Å². The SMILES string of the molecule is CCCC1=CC=CNC=C1. The van der Waals surface area contributed by atoms with E-state index in [1.807, 2.05) is 18.5 Å². The molecule has 0 aliphatic carbocycles. The normalized spacial score (nSPS) is 15.9. The Kier molecular flexibility index (Phi) is 2.81. The quantitative estimate of drug-likeness (QED) is 0.612. The first-order valence-corrected chi connectivity index (χ1v) is 3.72. The zero-order valence-corrected chi connectivity index (χ0v) is 6.30. The van der Waals surface area contributed by atoms with Gasteiger partial charge in [0.05, 0.1) is 0 Å². The maximum atomic E-state index is 3.02. The first kappa shape index (κ1) is 7.13. The van der Waals surface area contributed by atoms with Crippen LogP contribution in [0.5, 0.6) is 0 Å². The highest BCUT2D eigenvalue weighted by Gasteiger charge is 1.89. The second-order valence-electron chi connectivity index (χ2n) is 2.35. The van der Waals surface area contributed by atoms with Gasteiger partial charge in [-0.25, -0.2) is 0 Å². The molecule has 0 bridgehead atoms. The molecule has 1 N–H and O–H groups in total. The summed E-state index contributed by atoms with van der Waals surface area (Å²) in [7, 11) is 0. The van der Waals surface area contributed by atoms with Gasteiger partial charge in [0.1, 0.15) is 0 Å². The predicted octanol–water partition coefficient (Wildman–Crippen LogP) is 2.34. The molecule has 0 unspecified atom stereocenters. The van der Waals surface area contributed by atoms with Gasteiger partial charge in [0, 0.05) is 12.4 Å². The Morgan fingerprint density at radius 2 is 2.30 bits per heavy atom. The standard InChI is InChI=1S/C9H13N/c1-2-4-9-5-3-7-10-8-6-9/h3,5-8,10H,2,4H2,1H3. The van der Waals surface area contributed by atoms with Gasteiger partial charge in [0.25, 0.3) is 0 Å². The van der Waals surface area contributed by atoms with Crippen LogP contribution in [0.1, 0.15) is 19.8 Å². The first-order chi connectivity index (χ1) is 4.93. The van der Waals surface area contributed by atoms with Crippen molar-refractivity contribution >= 4 is 0 Å². The second-order valence-corrected chi connectivity index (χ2v) is 2.35. The van der Waals surface area contributed by atoms with E-state index in [1.54, 1.807) is 0 Å². The van der Waals surface area contributed by atoms with E-state index in [2.05, 4.69) is 24.4 Å². The molecule has 0 aromatic carbocycles. The predicted molar refractivity (Wildman–Crippen MR) is 44.4 cm³/mol. The lowest BCUT2D eigenvalue weighted by Gasteiger charge is -1.94. The lowest BCUT2D eigenvalue weighted by atomic mass is 10.1. The molecule has 0 spiro atoms. The monoisotopic (exact) mass is 135 g/mol. The Morgan fingerprint density at radius 1 is 1.40 bits per heavy atom. The minimum Gasteiger partial charge on any atom is -0.368 e. The molecule has 0 fully saturated rings. The van der Waals surface area contributed by atoms with Crippen LogP contribution in [0.15, 0.2) is 36.2 Å². The van der Waals surface area contributed by atoms with Crippen LogP contribution in [-0.4, -0.2) is 0 Å². The van der Waals surface area contributed by atoms with E-state index in [9.17, 15) is 0 Å². The number of nitrogens with one attached hydrogen (secondary N) is 1. The van der Waals surface area contributed by atoms with Crippen LogP contribution in [0.25, 0.3) is 0 Å². The van der Waals surface area contributed by atoms with E-state index >= 15 is 0 Å². The van der Waals surface area contributed by atoms with Crippen molar-refractivity contribution in [1.82, 2.24) is 5.32 Å². The Bertz CT molecular complexity index is 175. The minimum absolute atomic E-state index is 1.17. The van der Waals surface area contributed by atoms with Crippen molar-refractivity contribution < 1.29 is 0 Å². The van der Waals surface area contributed by atoms with Crippen LogP contribution < -0.4 is 5.32 Å². The van der Waals surface area contributed by atoms with Gasteiger partial charge in [-0.2, -0.15) is 0 Å². The summed E-state index contributed by atoms with van der Waals surface area (Å²) in [6.07, 6.45) is 12.6. The molecule has 0 atom stereocenters. The van der Waals surface area contributed by atoms with Gasteiger partial charge in [0.15, 0.2) is 0 Å². The van der Waals surface area contributed by atoms with Crippen molar-refractivity contribution in [2.45, 2.75) is 19.8 Å². The lowest BCUT2D eigenvalue weighted by molar-refractivity contribution is 0.926. The summed E-state index contributed by atoms with van der Waals surface area (Å²) < 4.78 is 0. The summed E-state index contributed by atoms with van der Waals surface area (Å²) in [5, 5.41) is 3.02. The molecule has 0 radical (unpaired) electrons. The third kappa shape index (κ3) is 2.09. The topological polar surface area (TPSA) is 12.0 Å². The summed E-state index contributed by atoms with van der Waals surface area (Å²) in [5.74, 6) is 0. The first-order valence-electron chi connectivity index (χ1n) is 3.72. The fraction of sp³-hybridized carbons (Fsp3) is 0.333. The third-order valence-electron chi connectivity index (χ3n) is 1.44. The molecule has 0 saturated carbocycles. The molecule has 1 heteroatoms. The Morgan fingerprint density at radius 3 is 3.10 bits per heavy atom. The van der Waals surface area contributed by atoms with E-state index in [1.165, 1.54) is 18.4 Å². The van der Waals surface area contributed by atoms with Crippen LogP contribution in [0.4, 0.5) is 0 Å². The highest BCUT2D eigenvalue weighted by atomic mass is 14.8. The highest BCUT2D eigenvalue weighted by molar-refractivity contribution is 5.25. The maximum absolute atomic E-state index is 3.02. The van der Waals surface area contributed by atoms with Gasteiger partial charge >= 0.3 is 0 Å². The maximum Gasteiger partial charge on any atom is 0.000717 e. The zero-order valence-electron chi connectivity index (χ0n) is 6.30. The summed E-state index contributed by atoms with van der Waals surface area (Å²) in [6.45, 7) is 2.19. The van der Waals surface area contributed by atoms with Crippen LogP contribution in [0.2, 0.25) is 0 Å². The van der Waals surface area contributed by atoms with Gasteiger partial charge < -0.3 is 5.32 Å². The fourth-order valence-electron chi connectivity index (χ4n) is 0.949. The molecule has 1 rings (SSSR count). The number of rotatable bonds is 2. The molecule has 0 amide bonds. The molecule has 0 saturated heterocycles. The van der Waals surface area contributed by atoms with E-state index in [0.717, 1.165) is 0 Å². The molecule has 1 nitrogen and oxygen atoms in total. The summed E-state index contributed by atoms with van der Waals surface area (Å²) in [4.78, 5) is 0. The van der Waals surface area contributed by atoms with Gasteiger partial charge in [-0.15, -0.1) is 0 Å². The molecular weight excluding hydrogens is 122 g/mol. The second kappa shape index (κ2) is 3.94. The Labute approximate surface area is 62.1 Å². The van der Waals surface area contributed by atoms with Gasteiger partial charge in [0.2, 0.25) is 0 Å². The summed E-state index contributed by atoms with van der Waals surface area (Å²) in [5.41, 5.74) is 1.39. The van der Waals surface area contributed by atoms with E-state index < -0.39 is 0 Å². The molecule has 54 valence electrons. The van der Waals surface area contributed by atoms with Crippen LogP contribution >= 0.6 is 0 Å². The lowest BCUT2D eigenvalue weighted by Crippen LogP contribution is -1.88. The zero-order chi connectivity index (χ0) is 7.23. The van der Waals surface area contributed by atoms with E-state index in [-0.39, 0.29) is 0 Å². The molecular formula is C9H13N. The molecule has 1 aliphatic heterocycles. The van der Waals surface area contributed by atoms with Crippen LogP contribution in [-0.2, 0) is 0 Å². The number of allylic oxidation sites excluding steroid dienone is 4. The minimum atomic E-state index is 1.17. The molecule has 0 aromatic rings. The van der Waals surface area contributed by atoms with Crippen molar-refractivity contribution in [3.8, 4) is 0 Å². The van der Waals surface area contributed by atoms with Crippen LogP contribution in [0.3, 0.4) is 0 Å². The van der Waals surface area contributed by atoms with Gasteiger partial charge in [-0.3, -0.25) is 0 Å². The largest absolute Gasteiger partial charge is 0.368 e. The van der Waals surface area contributed by atoms with Gasteiger partial charge in [-0.1, -0.05) is 19.4 Å². The van der Waals surface area contributed by atoms with Crippen molar-refractivity contribution in [3.05, 3.63) is 36.2 Å². The van der Waals surface area contributed by atoms with Crippen molar-refractivity contribution in [2.75, 3.05) is 0 Å². The van der Waals surface area contributed by atoms with Crippen molar-refractivity contribution in [3.63, 3.8) is 0 Å². The molecule has 1 heterocycles. The van der Waals surface area contributed by atoms with Crippen molar-refractivity contribution in [1.29, 1.82) is 0 Å². The van der Waals surface area contributed by atoms with E-state index in [4.69, 9.17) is 0 Å². The third-order valence-corrected chi connectivity index (χ3v) is 1.44.